The van der Waals surface area contributed by atoms with Crippen LogP contribution < -0.4 is 10.4 Å². The summed E-state index contributed by atoms with van der Waals surface area (Å²) in [5.41, 5.74) is 0. The Kier molecular flexibility index (Phi) is 11.6. The summed E-state index contributed by atoms with van der Waals surface area (Å²) in [4.78, 5) is 0. The fourth-order valence-electron chi connectivity index (χ4n) is 4.62. The largest absolute Gasteiger partial charge is 0.405 e. The molecule has 0 aliphatic rings. The van der Waals surface area contributed by atoms with E-state index in [9.17, 15) is 0 Å². The Morgan fingerprint density at radius 2 is 1.39 bits per heavy atom. The summed E-state index contributed by atoms with van der Waals surface area (Å²) in [5.74, 6) is 0. The molecular weight excluding hydrogens is 424 g/mol. The third-order valence-corrected chi connectivity index (χ3v) is 11.5. The first-order valence-electron chi connectivity index (χ1n) is 12.4. The second-order valence-electron chi connectivity index (χ2n) is 9.94. The molecule has 0 unspecified atom stereocenters. The minimum Gasteiger partial charge on any atom is -0.405 e. The zero-order valence-corrected chi connectivity index (χ0v) is 22.3. The topological polar surface area (TPSA) is 38.7 Å². The second-order valence-corrected chi connectivity index (χ2v) is 14.2. The minimum absolute atomic E-state index is 0.0102. The highest BCUT2D eigenvalue weighted by Gasteiger charge is 2.50. The van der Waals surface area contributed by atoms with Crippen LogP contribution in [0.25, 0.3) is 0 Å². The van der Waals surface area contributed by atoms with E-state index in [1.807, 2.05) is 0 Å². The Morgan fingerprint density at radius 1 is 0.848 bits per heavy atom. The smallest absolute Gasteiger partial charge is 0.261 e. The maximum atomic E-state index is 9.06. The van der Waals surface area contributed by atoms with Crippen LogP contribution in [0.1, 0.15) is 66.2 Å². The number of methoxy groups -OCH3 is 1. The highest BCUT2D eigenvalue weighted by molar-refractivity contribution is 6.99. The van der Waals surface area contributed by atoms with Gasteiger partial charge in [-0.2, -0.15) is 0 Å². The van der Waals surface area contributed by atoms with Gasteiger partial charge in [-0.15, -0.1) is 0 Å². The van der Waals surface area contributed by atoms with Crippen LogP contribution in [0.5, 0.6) is 0 Å². The van der Waals surface area contributed by atoms with Crippen molar-refractivity contribution >= 4 is 18.7 Å². The highest BCUT2D eigenvalue weighted by atomic mass is 28.4. The van der Waals surface area contributed by atoms with Crippen molar-refractivity contribution in [2.75, 3.05) is 13.7 Å². The SMILES string of the molecule is CO[C@@H](CCO)CC/C=C/CCC[C@@H](C)O[Si](c1ccccc1)(c1ccccc1)C(C)(C)C. The Bertz CT molecular complexity index is 759. The zero-order chi connectivity index (χ0) is 24.2. The molecule has 0 bridgehead atoms. The van der Waals surface area contributed by atoms with Crippen LogP contribution in [0.4, 0.5) is 0 Å². The summed E-state index contributed by atoms with van der Waals surface area (Å²) < 4.78 is 12.5. The molecule has 2 rings (SSSR count). The average molecular weight is 469 g/mol. The molecule has 0 aromatic heterocycles. The zero-order valence-electron chi connectivity index (χ0n) is 21.3. The Morgan fingerprint density at radius 3 is 1.88 bits per heavy atom. The van der Waals surface area contributed by atoms with Gasteiger partial charge in [-0.3, -0.25) is 0 Å². The van der Waals surface area contributed by atoms with E-state index in [4.69, 9.17) is 14.3 Å². The molecule has 0 radical (unpaired) electrons. The number of hydrogen-bond acceptors (Lipinski definition) is 3. The van der Waals surface area contributed by atoms with Crippen LogP contribution in [-0.2, 0) is 9.16 Å². The standard InChI is InChI=1S/C29H44O3Si/c1-25(17-11-7-6-8-12-18-26(31-5)23-24-30)32-33(29(2,3)4,27-19-13-9-14-20-27)28-21-15-10-16-22-28/h6,8-10,13-16,19-22,25-26,30H,7,11-12,17-18,23-24H2,1-5H3/b8-6+/t25-,26-/m1/s1. The third kappa shape index (κ3) is 7.92. The summed E-state index contributed by atoms with van der Waals surface area (Å²) in [7, 11) is -0.751. The van der Waals surface area contributed by atoms with Crippen LogP contribution >= 0.6 is 0 Å². The first kappa shape index (κ1) is 27.5. The first-order chi connectivity index (χ1) is 15.8. The summed E-state index contributed by atoms with van der Waals surface area (Å²) in [5, 5.41) is 11.7. The van der Waals surface area contributed by atoms with Crippen molar-refractivity contribution in [1.29, 1.82) is 0 Å². The maximum absolute atomic E-state index is 9.06. The van der Waals surface area contributed by atoms with Gasteiger partial charge in [0.05, 0.1) is 6.10 Å². The number of aliphatic hydroxyl groups is 1. The molecule has 0 saturated heterocycles. The molecular formula is C29H44O3Si. The Hall–Kier alpha value is -1.72. The quantitative estimate of drug-likeness (QED) is 0.214. The van der Waals surface area contributed by atoms with Crippen LogP contribution in [0.3, 0.4) is 0 Å². The van der Waals surface area contributed by atoms with E-state index in [2.05, 4.69) is 101 Å². The maximum Gasteiger partial charge on any atom is 0.261 e. The average Bonchev–Trinajstić information content (AvgIpc) is 2.81. The third-order valence-electron chi connectivity index (χ3n) is 6.38. The van der Waals surface area contributed by atoms with E-state index in [0.29, 0.717) is 6.42 Å². The van der Waals surface area contributed by atoms with Gasteiger partial charge in [0, 0.05) is 19.8 Å². The van der Waals surface area contributed by atoms with E-state index >= 15 is 0 Å². The summed E-state index contributed by atoms with van der Waals surface area (Å²) in [6.07, 6.45) is 10.7. The van der Waals surface area contributed by atoms with Gasteiger partial charge in [-0.05, 0) is 60.9 Å². The lowest BCUT2D eigenvalue weighted by Crippen LogP contribution is -2.67. The Balaban J connectivity index is 2.03. The summed E-state index contributed by atoms with van der Waals surface area (Å²) >= 11 is 0. The number of hydrogen-bond donors (Lipinski definition) is 1. The lowest BCUT2D eigenvalue weighted by molar-refractivity contribution is 0.0719. The molecule has 33 heavy (non-hydrogen) atoms. The molecule has 0 aliphatic carbocycles. The first-order valence-corrected chi connectivity index (χ1v) is 14.3. The van der Waals surface area contributed by atoms with Crippen molar-refractivity contribution in [3.05, 3.63) is 72.8 Å². The molecule has 3 nitrogen and oxygen atoms in total. The van der Waals surface area contributed by atoms with Gasteiger partial charge < -0.3 is 14.3 Å². The van der Waals surface area contributed by atoms with Crippen molar-refractivity contribution in [2.24, 2.45) is 0 Å². The van der Waals surface area contributed by atoms with Gasteiger partial charge in [0.1, 0.15) is 0 Å². The normalized spacial score (nSPS) is 14.5. The molecule has 2 aromatic carbocycles. The van der Waals surface area contributed by atoms with E-state index in [1.165, 1.54) is 10.4 Å². The van der Waals surface area contributed by atoms with Crippen molar-refractivity contribution < 1.29 is 14.3 Å². The van der Waals surface area contributed by atoms with Crippen LogP contribution in [-0.4, -0.2) is 39.3 Å². The van der Waals surface area contributed by atoms with Gasteiger partial charge in [-0.25, -0.2) is 0 Å². The van der Waals surface area contributed by atoms with Crippen LogP contribution in [0.15, 0.2) is 72.8 Å². The molecule has 0 amide bonds. The minimum atomic E-state index is -2.47. The molecule has 0 saturated carbocycles. The van der Waals surface area contributed by atoms with E-state index < -0.39 is 8.32 Å². The number of aliphatic hydroxyl groups excluding tert-OH is 1. The van der Waals surface area contributed by atoms with E-state index in [0.717, 1.165) is 32.1 Å². The fraction of sp³-hybridized carbons (Fsp3) is 0.517. The van der Waals surface area contributed by atoms with Crippen molar-refractivity contribution in [1.82, 2.24) is 0 Å². The predicted molar refractivity (Wildman–Crippen MR) is 143 cm³/mol. The predicted octanol–water partition coefficient (Wildman–Crippen LogP) is 5.86. The summed E-state index contributed by atoms with van der Waals surface area (Å²) in [6.45, 7) is 9.42. The molecule has 2 aromatic rings. The molecule has 0 heterocycles. The van der Waals surface area contributed by atoms with Crippen molar-refractivity contribution in [2.45, 2.75) is 83.5 Å². The highest BCUT2D eigenvalue weighted by Crippen LogP contribution is 2.37. The number of allylic oxidation sites excluding steroid dienone is 2. The van der Waals surface area contributed by atoms with E-state index in [1.54, 1.807) is 7.11 Å². The molecule has 1 N–H and O–H groups in total. The fourth-order valence-corrected chi connectivity index (χ4v) is 9.35. The molecule has 0 aliphatic heterocycles. The van der Waals surface area contributed by atoms with Gasteiger partial charge in [0.15, 0.2) is 0 Å². The lowest BCUT2D eigenvalue weighted by atomic mass is 10.1. The number of benzene rings is 2. The van der Waals surface area contributed by atoms with Gasteiger partial charge >= 0.3 is 0 Å². The number of ether oxygens (including phenoxy) is 1. The van der Waals surface area contributed by atoms with Gasteiger partial charge in [0.25, 0.3) is 8.32 Å². The second kappa shape index (κ2) is 13.9. The van der Waals surface area contributed by atoms with Gasteiger partial charge in [-0.1, -0.05) is 93.6 Å². The van der Waals surface area contributed by atoms with Crippen LogP contribution in [0.2, 0.25) is 5.04 Å². The summed E-state index contributed by atoms with van der Waals surface area (Å²) in [6, 6.07) is 21.7. The van der Waals surface area contributed by atoms with Crippen LogP contribution in [0, 0.1) is 0 Å². The van der Waals surface area contributed by atoms with Crippen molar-refractivity contribution in [3.63, 3.8) is 0 Å². The Labute approximate surface area is 203 Å². The monoisotopic (exact) mass is 468 g/mol. The molecule has 0 spiro atoms. The number of unbranched alkanes of at least 4 members (excludes halogenated alkanes) is 1. The molecule has 182 valence electrons. The van der Waals surface area contributed by atoms with E-state index in [-0.39, 0.29) is 23.9 Å². The van der Waals surface area contributed by atoms with Gasteiger partial charge in [0.2, 0.25) is 0 Å². The molecule has 4 heteroatoms. The number of rotatable bonds is 14. The molecule has 2 atom stereocenters. The lowest BCUT2D eigenvalue weighted by Gasteiger charge is -2.44. The molecule has 0 fully saturated rings. The van der Waals surface area contributed by atoms with Crippen molar-refractivity contribution in [3.8, 4) is 0 Å².